The molecule has 1 atom stereocenters. The van der Waals surface area contributed by atoms with Crippen LogP contribution in [-0.2, 0) is 17.8 Å². The maximum Gasteiger partial charge on any atom is 0.328 e. The van der Waals surface area contributed by atoms with Gasteiger partial charge in [0.15, 0.2) is 17.2 Å². The number of alkyl halides is 2. The van der Waals surface area contributed by atoms with Crippen LogP contribution in [-0.4, -0.2) is 126 Å². The molecule has 0 spiro atoms. The highest BCUT2D eigenvalue weighted by molar-refractivity contribution is 6.34. The molecule has 62 heavy (non-hydrogen) atoms. The van der Waals surface area contributed by atoms with Crippen molar-refractivity contribution in [2.24, 2.45) is 0 Å². The largest absolute Gasteiger partial charge is 0.385 e. The third kappa shape index (κ3) is 7.77. The highest BCUT2D eigenvalue weighted by atomic mass is 35.5. The summed E-state index contributed by atoms with van der Waals surface area (Å²) in [4.78, 5) is 55.6. The van der Waals surface area contributed by atoms with E-state index in [-0.39, 0.29) is 37.4 Å². The monoisotopic (exact) mass is 866 g/mol. The molecule has 4 aliphatic heterocycles. The summed E-state index contributed by atoms with van der Waals surface area (Å²) in [5, 5.41) is 13.4. The number of nitrogens with one attached hydrogen (secondary N) is 3. The summed E-state index contributed by atoms with van der Waals surface area (Å²) >= 11 is 6.48. The van der Waals surface area contributed by atoms with E-state index < -0.39 is 18.0 Å². The maximum absolute atomic E-state index is 16.0. The number of anilines is 5. The molecule has 0 saturated carbocycles. The lowest BCUT2D eigenvalue weighted by Crippen LogP contribution is -2.60. The molecule has 3 N–H and O–H groups in total. The van der Waals surface area contributed by atoms with Crippen molar-refractivity contribution in [2.45, 2.75) is 56.7 Å². The Morgan fingerprint density at radius 2 is 1.74 bits per heavy atom. The number of nitrogens with zero attached hydrogens (tertiary/aromatic N) is 9. The van der Waals surface area contributed by atoms with Crippen molar-refractivity contribution < 1.29 is 23.2 Å². The molecule has 3 fully saturated rings. The van der Waals surface area contributed by atoms with E-state index in [9.17, 15) is 14.4 Å². The van der Waals surface area contributed by atoms with Gasteiger partial charge in [-0.05, 0) is 67.1 Å². The number of benzene rings is 2. The quantitative estimate of drug-likeness (QED) is 0.157. The Labute approximate surface area is 363 Å². The number of rotatable bonds is 10. The van der Waals surface area contributed by atoms with E-state index in [2.05, 4.69) is 42.9 Å². The third-order valence-corrected chi connectivity index (χ3v) is 13.1. The fourth-order valence-electron chi connectivity index (χ4n) is 9.50. The normalized spacial score (nSPS) is 19.7. The number of halogens is 3. The van der Waals surface area contributed by atoms with E-state index in [1.165, 1.54) is 11.1 Å². The molecule has 0 aliphatic carbocycles. The number of carbonyl (C=O) groups is 3. The summed E-state index contributed by atoms with van der Waals surface area (Å²) in [6.45, 7) is 2.68. The van der Waals surface area contributed by atoms with E-state index in [4.69, 9.17) is 21.7 Å². The summed E-state index contributed by atoms with van der Waals surface area (Å²) in [5.74, 6) is -2.79. The summed E-state index contributed by atoms with van der Waals surface area (Å²) in [6, 6.07) is 16.3. The molecule has 3 saturated heterocycles. The molecule has 1 unspecified atom stereocenters. The van der Waals surface area contributed by atoms with Gasteiger partial charge in [-0.2, -0.15) is 0 Å². The van der Waals surface area contributed by atoms with Crippen molar-refractivity contribution in [1.29, 1.82) is 0 Å². The first-order valence-electron chi connectivity index (χ1n) is 21.0. The zero-order chi connectivity index (χ0) is 43.3. The second kappa shape index (κ2) is 16.8. The number of piperidine rings is 2. The Hall–Kier alpha value is -5.91. The summed E-state index contributed by atoms with van der Waals surface area (Å²) in [7, 11) is 5.37. The average molecular weight is 867 g/mol. The number of hydrogen-bond donors (Lipinski definition) is 3. The number of imidazole rings is 1. The van der Waals surface area contributed by atoms with Crippen molar-refractivity contribution in [2.75, 3.05) is 80.4 Å². The lowest BCUT2D eigenvalue weighted by atomic mass is 9.94. The number of fused-ring (bicyclic) bond motifs is 2. The standard InChI is InChI=1S/C44H49ClF2N12O3/c1-48-34-22-39(53-59-37(42(61)49-2)24-51-41(34)59)57-19-13-31-30(5-4-6-35(31)57)33-10-7-27(23-50-33)25-55-16-14-38(44(46,47)26-55)56-17-11-28(12-18-56)54(3)29-8-9-32(45)36(21-29)58-20-15-40(60)52-43(58)62/h4-10,21-24,28,38,48H,11-20,25-26H2,1-3H3,(H,49,61)(H,52,60,62). The lowest BCUT2D eigenvalue weighted by molar-refractivity contribution is -0.132. The van der Waals surface area contributed by atoms with Gasteiger partial charge in [-0.15, -0.1) is 5.10 Å². The van der Waals surface area contributed by atoms with E-state index >= 15 is 8.78 Å². The number of carbonyl (C=O) groups excluding carboxylic acids is 3. The molecule has 15 nitrogen and oxygen atoms in total. The predicted molar refractivity (Wildman–Crippen MR) is 235 cm³/mol. The second-order valence-corrected chi connectivity index (χ2v) is 16.8. The van der Waals surface area contributed by atoms with Crippen LogP contribution >= 0.6 is 11.6 Å². The van der Waals surface area contributed by atoms with Gasteiger partial charge >= 0.3 is 6.03 Å². The average Bonchev–Trinajstić information content (AvgIpc) is 3.91. The fraction of sp³-hybridized carbons (Fsp3) is 0.409. The Morgan fingerprint density at radius 3 is 2.47 bits per heavy atom. The van der Waals surface area contributed by atoms with Gasteiger partial charge in [0.1, 0.15) is 0 Å². The minimum absolute atomic E-state index is 0.128. The Balaban J connectivity index is 0.816. The van der Waals surface area contributed by atoms with Crippen LogP contribution in [0.4, 0.5) is 42.1 Å². The number of urea groups is 1. The first-order chi connectivity index (χ1) is 29.9. The SMILES string of the molecule is CNC(=O)c1cnc2c(NC)cc(N3CCc4c(-c5ccc(CN6CCC(N7CCC(N(C)c8ccc(Cl)c(N9CCC(=O)NC9=O)c8)CC7)C(F)(F)C6)cn5)cccc43)nn12. The first kappa shape index (κ1) is 41.4. The highest BCUT2D eigenvalue weighted by Gasteiger charge is 2.48. The first-order valence-corrected chi connectivity index (χ1v) is 21.4. The molecule has 3 aromatic heterocycles. The van der Waals surface area contributed by atoms with Crippen LogP contribution in [0.15, 0.2) is 67.0 Å². The topological polar surface area (TPSA) is 147 Å². The van der Waals surface area contributed by atoms with Gasteiger partial charge < -0.3 is 20.4 Å². The van der Waals surface area contributed by atoms with E-state index in [0.29, 0.717) is 67.0 Å². The van der Waals surface area contributed by atoms with Crippen molar-refractivity contribution in [1.82, 2.24) is 40.0 Å². The smallest absolute Gasteiger partial charge is 0.328 e. The molecule has 324 valence electrons. The highest BCUT2D eigenvalue weighted by Crippen LogP contribution is 2.41. The van der Waals surface area contributed by atoms with Crippen LogP contribution in [0.5, 0.6) is 0 Å². The Bertz CT molecular complexity index is 2530. The van der Waals surface area contributed by atoms with Crippen LogP contribution in [0.1, 0.15) is 47.3 Å². The summed E-state index contributed by atoms with van der Waals surface area (Å²) in [5.41, 5.74) is 7.88. The molecule has 9 rings (SSSR count). The van der Waals surface area contributed by atoms with Crippen LogP contribution in [0.25, 0.3) is 16.9 Å². The number of pyridine rings is 1. The van der Waals surface area contributed by atoms with Crippen LogP contribution < -0.4 is 30.7 Å². The number of hydrogen-bond acceptors (Lipinski definition) is 11. The second-order valence-electron chi connectivity index (χ2n) is 16.4. The molecule has 2 aromatic carbocycles. The minimum Gasteiger partial charge on any atom is -0.385 e. The Kier molecular flexibility index (Phi) is 11.2. The molecule has 4 aliphatic rings. The van der Waals surface area contributed by atoms with E-state index in [1.54, 1.807) is 23.8 Å². The predicted octanol–water partition coefficient (Wildman–Crippen LogP) is 5.80. The van der Waals surface area contributed by atoms with Crippen LogP contribution in [0, 0.1) is 0 Å². The number of imide groups is 1. The number of aromatic nitrogens is 4. The maximum atomic E-state index is 16.0. The van der Waals surface area contributed by atoms with Gasteiger partial charge in [0.25, 0.3) is 11.8 Å². The molecule has 0 bridgehead atoms. The van der Waals surface area contributed by atoms with Crippen LogP contribution in [0.2, 0.25) is 5.02 Å². The minimum atomic E-state index is -2.88. The summed E-state index contributed by atoms with van der Waals surface area (Å²) < 4.78 is 33.5. The van der Waals surface area contributed by atoms with Crippen molar-refractivity contribution in [3.05, 3.63) is 88.8 Å². The fourth-order valence-corrected chi connectivity index (χ4v) is 9.72. The summed E-state index contributed by atoms with van der Waals surface area (Å²) in [6.07, 6.45) is 6.09. The van der Waals surface area contributed by atoms with Gasteiger partial charge in [-0.3, -0.25) is 34.6 Å². The number of likely N-dealkylation sites (tertiary alicyclic amines) is 2. The zero-order valence-electron chi connectivity index (χ0n) is 34.9. The van der Waals surface area contributed by atoms with E-state index in [1.807, 2.05) is 60.3 Å². The van der Waals surface area contributed by atoms with Crippen molar-refractivity contribution in [3.63, 3.8) is 0 Å². The third-order valence-electron chi connectivity index (χ3n) is 12.8. The molecule has 7 heterocycles. The van der Waals surface area contributed by atoms with Crippen LogP contribution in [0.3, 0.4) is 0 Å². The number of amides is 4. The van der Waals surface area contributed by atoms with Gasteiger partial charge in [-0.1, -0.05) is 29.8 Å². The molecule has 5 aromatic rings. The molecule has 4 amide bonds. The zero-order valence-corrected chi connectivity index (χ0v) is 35.6. The van der Waals surface area contributed by atoms with Gasteiger partial charge in [0.2, 0.25) is 5.91 Å². The Morgan fingerprint density at radius 1 is 0.935 bits per heavy atom. The van der Waals surface area contributed by atoms with Crippen molar-refractivity contribution >= 4 is 63.7 Å². The van der Waals surface area contributed by atoms with Gasteiger partial charge in [-0.25, -0.2) is 23.1 Å². The van der Waals surface area contributed by atoms with Crippen molar-refractivity contribution in [3.8, 4) is 11.3 Å². The van der Waals surface area contributed by atoms with E-state index in [0.717, 1.165) is 58.7 Å². The lowest BCUT2D eigenvalue weighted by Gasteiger charge is -2.47. The molecule has 0 radical (unpaired) electrons. The van der Waals surface area contributed by atoms with Gasteiger partial charge in [0, 0.05) is 102 Å². The molecular formula is C44H49ClF2N12O3. The molecule has 18 heteroatoms. The van der Waals surface area contributed by atoms with Gasteiger partial charge in [0.05, 0.1) is 40.9 Å². The molecular weight excluding hydrogens is 818 g/mol.